The Kier molecular flexibility index (Phi) is 2.42. The average Bonchev–Trinajstić information content (AvgIpc) is 2.80. The summed E-state index contributed by atoms with van der Waals surface area (Å²) in [6.45, 7) is 0.530. The molecule has 4 heteroatoms. The van der Waals surface area contributed by atoms with Crippen LogP contribution < -0.4 is 5.32 Å². The molecule has 0 bridgehead atoms. The van der Waals surface area contributed by atoms with Crippen LogP contribution in [-0.2, 0) is 11.3 Å². The molecule has 2 aliphatic carbocycles. The molecule has 4 nitrogen and oxygen atoms in total. The first-order valence-electron chi connectivity index (χ1n) is 6.12. The fraction of sp³-hybridized carbons (Fsp3) is 0.667. The normalized spacial score (nSPS) is 31.9. The maximum atomic E-state index is 11.9. The van der Waals surface area contributed by atoms with Gasteiger partial charge in [-0.25, -0.2) is 4.98 Å². The number of aromatic amines is 1. The lowest BCUT2D eigenvalue weighted by molar-refractivity contribution is -0.123. The number of fused-ring (bicyclic) bond motifs is 1. The first-order valence-corrected chi connectivity index (χ1v) is 6.12. The van der Waals surface area contributed by atoms with Gasteiger partial charge in [0, 0.05) is 18.3 Å². The molecule has 2 aliphatic rings. The minimum Gasteiger partial charge on any atom is -0.349 e. The highest BCUT2D eigenvalue weighted by molar-refractivity contribution is 5.82. The molecule has 2 N–H and O–H groups in total. The van der Waals surface area contributed by atoms with E-state index in [1.165, 1.54) is 25.7 Å². The zero-order valence-electron chi connectivity index (χ0n) is 9.28. The molecule has 1 heterocycles. The third kappa shape index (κ3) is 1.72. The topological polar surface area (TPSA) is 57.8 Å². The summed E-state index contributed by atoms with van der Waals surface area (Å²) >= 11 is 0. The summed E-state index contributed by atoms with van der Waals surface area (Å²) in [5.41, 5.74) is 0. The van der Waals surface area contributed by atoms with Crippen LogP contribution in [0.15, 0.2) is 12.4 Å². The van der Waals surface area contributed by atoms with Gasteiger partial charge in [-0.15, -0.1) is 0 Å². The number of carbonyl (C=O) groups excluding carboxylic acids is 1. The van der Waals surface area contributed by atoms with Crippen molar-refractivity contribution in [3.63, 3.8) is 0 Å². The van der Waals surface area contributed by atoms with Gasteiger partial charge >= 0.3 is 0 Å². The van der Waals surface area contributed by atoms with Crippen molar-refractivity contribution < 1.29 is 4.79 Å². The molecule has 3 rings (SSSR count). The first-order chi connectivity index (χ1) is 7.86. The standard InChI is InChI=1S/C12H17N3O/c16-12(15-7-10-13-5-6-14-10)11-8-3-1-2-4-9(8)11/h5-6,8-9,11H,1-4,7H2,(H,13,14)(H,15,16). The van der Waals surface area contributed by atoms with Crippen molar-refractivity contribution in [2.75, 3.05) is 0 Å². The Balaban J connectivity index is 1.51. The zero-order valence-corrected chi connectivity index (χ0v) is 9.28. The van der Waals surface area contributed by atoms with Crippen molar-refractivity contribution in [2.45, 2.75) is 32.2 Å². The van der Waals surface area contributed by atoms with Crippen LogP contribution in [0, 0.1) is 17.8 Å². The predicted molar refractivity (Wildman–Crippen MR) is 59.4 cm³/mol. The Morgan fingerprint density at radius 3 is 2.81 bits per heavy atom. The van der Waals surface area contributed by atoms with Gasteiger partial charge in [0.1, 0.15) is 5.82 Å². The molecule has 2 atom stereocenters. The third-order valence-electron chi connectivity index (χ3n) is 3.94. The summed E-state index contributed by atoms with van der Waals surface area (Å²) in [6, 6.07) is 0. The molecule has 2 fully saturated rings. The van der Waals surface area contributed by atoms with E-state index < -0.39 is 0 Å². The highest BCUT2D eigenvalue weighted by atomic mass is 16.2. The van der Waals surface area contributed by atoms with E-state index in [0.717, 1.165) is 5.82 Å². The largest absolute Gasteiger partial charge is 0.349 e. The van der Waals surface area contributed by atoms with Crippen molar-refractivity contribution in [1.29, 1.82) is 0 Å². The van der Waals surface area contributed by atoms with Crippen LogP contribution in [-0.4, -0.2) is 15.9 Å². The summed E-state index contributed by atoms with van der Waals surface area (Å²) in [4.78, 5) is 19.0. The van der Waals surface area contributed by atoms with E-state index in [2.05, 4.69) is 15.3 Å². The fourth-order valence-electron chi connectivity index (χ4n) is 3.06. The van der Waals surface area contributed by atoms with E-state index in [4.69, 9.17) is 0 Å². The van der Waals surface area contributed by atoms with E-state index in [9.17, 15) is 4.79 Å². The SMILES string of the molecule is O=C(NCc1ncc[nH]1)C1C2CCCCC21. The highest BCUT2D eigenvalue weighted by Crippen LogP contribution is 2.55. The second-order valence-electron chi connectivity index (χ2n) is 4.89. The molecular weight excluding hydrogens is 202 g/mol. The van der Waals surface area contributed by atoms with Crippen molar-refractivity contribution in [3.8, 4) is 0 Å². The molecular formula is C12H17N3O. The minimum absolute atomic E-state index is 0.230. The lowest BCUT2D eigenvalue weighted by atomic mass is 10.0. The second kappa shape index (κ2) is 3.92. The molecule has 0 spiro atoms. The maximum Gasteiger partial charge on any atom is 0.224 e. The number of nitrogens with one attached hydrogen (secondary N) is 2. The van der Waals surface area contributed by atoms with E-state index in [1.807, 2.05) is 0 Å². The number of hydrogen-bond acceptors (Lipinski definition) is 2. The number of rotatable bonds is 3. The quantitative estimate of drug-likeness (QED) is 0.808. The Morgan fingerprint density at radius 2 is 2.19 bits per heavy atom. The van der Waals surface area contributed by atoms with Crippen LogP contribution >= 0.6 is 0 Å². The van der Waals surface area contributed by atoms with E-state index in [-0.39, 0.29) is 5.91 Å². The first kappa shape index (κ1) is 9.87. The average molecular weight is 219 g/mol. The van der Waals surface area contributed by atoms with Crippen molar-refractivity contribution in [2.24, 2.45) is 17.8 Å². The second-order valence-corrected chi connectivity index (χ2v) is 4.89. The fourth-order valence-corrected chi connectivity index (χ4v) is 3.06. The highest BCUT2D eigenvalue weighted by Gasteiger charge is 2.54. The number of hydrogen-bond donors (Lipinski definition) is 2. The van der Waals surface area contributed by atoms with Crippen molar-refractivity contribution >= 4 is 5.91 Å². The van der Waals surface area contributed by atoms with Crippen LogP contribution in [0.2, 0.25) is 0 Å². The number of imidazole rings is 1. The van der Waals surface area contributed by atoms with Gasteiger partial charge < -0.3 is 10.3 Å². The Labute approximate surface area is 94.8 Å². The van der Waals surface area contributed by atoms with Crippen LogP contribution in [0.1, 0.15) is 31.5 Å². The van der Waals surface area contributed by atoms with Gasteiger partial charge in [-0.05, 0) is 24.7 Å². The molecule has 16 heavy (non-hydrogen) atoms. The van der Waals surface area contributed by atoms with E-state index in [1.54, 1.807) is 12.4 Å². The lowest BCUT2D eigenvalue weighted by Gasteiger charge is -2.04. The Bertz CT molecular complexity index is 362. The maximum absolute atomic E-state index is 11.9. The van der Waals surface area contributed by atoms with Gasteiger partial charge in [-0.3, -0.25) is 4.79 Å². The minimum atomic E-state index is 0.230. The smallest absolute Gasteiger partial charge is 0.224 e. The van der Waals surface area contributed by atoms with Crippen molar-refractivity contribution in [3.05, 3.63) is 18.2 Å². The molecule has 0 aliphatic heterocycles. The Morgan fingerprint density at radius 1 is 1.44 bits per heavy atom. The van der Waals surface area contributed by atoms with Crippen LogP contribution in [0.5, 0.6) is 0 Å². The molecule has 2 unspecified atom stereocenters. The summed E-state index contributed by atoms with van der Waals surface area (Å²) in [5.74, 6) is 2.73. The van der Waals surface area contributed by atoms with Gasteiger partial charge in [0.2, 0.25) is 5.91 Å². The molecule has 1 aromatic heterocycles. The molecule has 86 valence electrons. The van der Waals surface area contributed by atoms with Crippen LogP contribution in [0.4, 0.5) is 0 Å². The molecule has 2 saturated carbocycles. The Hall–Kier alpha value is -1.32. The van der Waals surface area contributed by atoms with Crippen LogP contribution in [0.3, 0.4) is 0 Å². The molecule has 1 aromatic rings. The molecule has 1 amide bonds. The third-order valence-corrected chi connectivity index (χ3v) is 3.94. The van der Waals surface area contributed by atoms with E-state index in [0.29, 0.717) is 24.3 Å². The summed E-state index contributed by atoms with van der Waals surface area (Å²) in [6.07, 6.45) is 8.61. The predicted octanol–water partition coefficient (Wildman–Crippen LogP) is 1.46. The van der Waals surface area contributed by atoms with E-state index >= 15 is 0 Å². The number of amides is 1. The van der Waals surface area contributed by atoms with Gasteiger partial charge in [-0.2, -0.15) is 0 Å². The summed E-state index contributed by atoms with van der Waals surface area (Å²) in [5, 5.41) is 2.97. The molecule has 0 aromatic carbocycles. The zero-order chi connectivity index (χ0) is 11.0. The number of carbonyl (C=O) groups is 1. The molecule has 0 saturated heterocycles. The van der Waals surface area contributed by atoms with Gasteiger partial charge in [0.05, 0.1) is 6.54 Å². The molecule has 0 radical (unpaired) electrons. The van der Waals surface area contributed by atoms with Gasteiger partial charge in [-0.1, -0.05) is 12.8 Å². The number of aromatic nitrogens is 2. The summed E-state index contributed by atoms with van der Waals surface area (Å²) in [7, 11) is 0. The van der Waals surface area contributed by atoms with Crippen LogP contribution in [0.25, 0.3) is 0 Å². The van der Waals surface area contributed by atoms with Crippen molar-refractivity contribution in [1.82, 2.24) is 15.3 Å². The number of nitrogens with zero attached hydrogens (tertiary/aromatic N) is 1. The number of H-pyrrole nitrogens is 1. The van der Waals surface area contributed by atoms with Gasteiger partial charge in [0.25, 0.3) is 0 Å². The van der Waals surface area contributed by atoms with Gasteiger partial charge in [0.15, 0.2) is 0 Å². The monoisotopic (exact) mass is 219 g/mol. The summed E-state index contributed by atoms with van der Waals surface area (Å²) < 4.78 is 0. The lowest BCUT2D eigenvalue weighted by Crippen LogP contribution is -2.26.